The minimum Gasteiger partial charge on any atom is -0.456 e. The Morgan fingerprint density at radius 2 is 1.60 bits per heavy atom. The minimum atomic E-state index is -0.413. The van der Waals surface area contributed by atoms with Crippen LogP contribution >= 0.6 is 0 Å². The van der Waals surface area contributed by atoms with Crippen molar-refractivity contribution in [1.82, 2.24) is 0 Å². The van der Waals surface area contributed by atoms with Crippen LogP contribution in [0.15, 0.2) is 57.7 Å². The molecule has 3 rings (SSSR count). The molecule has 0 saturated heterocycles. The molecule has 1 heterocycles. The van der Waals surface area contributed by atoms with Gasteiger partial charge in [-0.25, -0.2) is 4.79 Å². The van der Waals surface area contributed by atoms with Crippen molar-refractivity contribution in [2.24, 2.45) is 0 Å². The highest BCUT2D eigenvalue weighted by Gasteiger charge is 2.08. The third-order valence-electron chi connectivity index (χ3n) is 3.11. The lowest BCUT2D eigenvalue weighted by molar-refractivity contribution is 0.475. The van der Waals surface area contributed by atoms with Crippen LogP contribution in [0.2, 0.25) is 0 Å². The van der Waals surface area contributed by atoms with Crippen molar-refractivity contribution in [3.05, 3.63) is 70.1 Å². The van der Waals surface area contributed by atoms with Gasteiger partial charge in [-0.15, -0.1) is 0 Å². The first-order chi connectivity index (χ1) is 9.61. The molecular formula is C17H14O3. The summed E-state index contributed by atoms with van der Waals surface area (Å²) < 4.78 is 11.0. The summed E-state index contributed by atoms with van der Waals surface area (Å²) in [7, 11) is 0. The van der Waals surface area contributed by atoms with Gasteiger partial charge in [0.25, 0.3) is 0 Å². The minimum absolute atomic E-state index is 0.413. The van der Waals surface area contributed by atoms with E-state index in [0.29, 0.717) is 17.1 Å². The molecular weight excluding hydrogens is 252 g/mol. The molecule has 100 valence electrons. The summed E-state index contributed by atoms with van der Waals surface area (Å²) in [5.74, 6) is 1.22. The van der Waals surface area contributed by atoms with Crippen LogP contribution in [0.1, 0.15) is 11.1 Å². The fraction of sp³-hybridized carbons (Fsp3) is 0.118. The zero-order chi connectivity index (χ0) is 14.1. The van der Waals surface area contributed by atoms with Gasteiger partial charge in [-0.3, -0.25) is 0 Å². The molecule has 0 radical (unpaired) electrons. The zero-order valence-electron chi connectivity index (χ0n) is 11.3. The molecule has 0 N–H and O–H groups in total. The molecule has 1 aromatic heterocycles. The first kappa shape index (κ1) is 12.5. The van der Waals surface area contributed by atoms with E-state index in [1.807, 2.05) is 50.2 Å². The van der Waals surface area contributed by atoms with E-state index in [1.165, 1.54) is 6.07 Å². The smallest absolute Gasteiger partial charge is 0.339 e. The molecule has 0 unspecified atom stereocenters. The van der Waals surface area contributed by atoms with Crippen molar-refractivity contribution >= 4 is 11.0 Å². The Labute approximate surface area is 116 Å². The molecule has 0 amide bonds. The molecule has 0 saturated carbocycles. The van der Waals surface area contributed by atoms with Gasteiger partial charge in [0.2, 0.25) is 0 Å². The van der Waals surface area contributed by atoms with Crippen LogP contribution in [0.4, 0.5) is 0 Å². The van der Waals surface area contributed by atoms with Gasteiger partial charge >= 0.3 is 5.63 Å². The summed E-state index contributed by atoms with van der Waals surface area (Å²) in [6, 6.07) is 14.7. The van der Waals surface area contributed by atoms with Gasteiger partial charge < -0.3 is 9.15 Å². The summed E-state index contributed by atoms with van der Waals surface area (Å²) in [4.78, 5) is 11.6. The van der Waals surface area contributed by atoms with E-state index in [0.717, 1.165) is 16.5 Å². The molecule has 0 bridgehead atoms. The van der Waals surface area contributed by atoms with Crippen LogP contribution in [-0.2, 0) is 0 Å². The first-order valence-electron chi connectivity index (χ1n) is 6.41. The standard InChI is InChI=1S/C17H14O3/c1-11-3-6-13(7-4-11)19-16-10-17(18)20-15-8-5-12(2)9-14(15)16/h3-10H,1-2H3. The molecule has 0 aliphatic rings. The molecule has 2 aromatic carbocycles. The quantitative estimate of drug-likeness (QED) is 0.652. The zero-order valence-corrected chi connectivity index (χ0v) is 11.3. The molecule has 3 heteroatoms. The van der Waals surface area contributed by atoms with Crippen LogP contribution < -0.4 is 10.4 Å². The average Bonchev–Trinajstić information content (AvgIpc) is 2.42. The van der Waals surface area contributed by atoms with E-state index in [4.69, 9.17) is 9.15 Å². The first-order valence-corrected chi connectivity index (χ1v) is 6.41. The highest BCUT2D eigenvalue weighted by atomic mass is 16.5. The van der Waals surface area contributed by atoms with Crippen LogP contribution in [0.5, 0.6) is 11.5 Å². The summed E-state index contributed by atoms with van der Waals surface area (Å²) in [5.41, 5.74) is 2.36. The third kappa shape index (κ3) is 2.43. The number of rotatable bonds is 2. The Balaban J connectivity index is 2.12. The Kier molecular flexibility index (Phi) is 3.03. The lowest BCUT2D eigenvalue weighted by Gasteiger charge is -2.08. The highest BCUT2D eigenvalue weighted by Crippen LogP contribution is 2.29. The van der Waals surface area contributed by atoms with Crippen LogP contribution in [0.25, 0.3) is 11.0 Å². The Bertz CT molecular complexity index is 814. The van der Waals surface area contributed by atoms with E-state index in [1.54, 1.807) is 6.07 Å². The third-order valence-corrected chi connectivity index (χ3v) is 3.11. The maximum absolute atomic E-state index is 11.6. The number of aryl methyl sites for hydroxylation is 2. The van der Waals surface area contributed by atoms with Crippen molar-refractivity contribution in [2.75, 3.05) is 0 Å². The van der Waals surface area contributed by atoms with Crippen LogP contribution in [0.3, 0.4) is 0 Å². The predicted octanol–water partition coefficient (Wildman–Crippen LogP) is 4.20. The summed E-state index contributed by atoms with van der Waals surface area (Å²) in [6.07, 6.45) is 0. The molecule has 0 aliphatic heterocycles. The summed E-state index contributed by atoms with van der Waals surface area (Å²) in [6.45, 7) is 4.00. The maximum atomic E-state index is 11.6. The summed E-state index contributed by atoms with van der Waals surface area (Å²) in [5, 5.41) is 0.796. The van der Waals surface area contributed by atoms with E-state index < -0.39 is 5.63 Å². The lowest BCUT2D eigenvalue weighted by Crippen LogP contribution is -1.98. The molecule has 20 heavy (non-hydrogen) atoms. The second-order valence-electron chi connectivity index (χ2n) is 4.84. The molecule has 0 aliphatic carbocycles. The van der Waals surface area contributed by atoms with Gasteiger partial charge in [0.05, 0.1) is 11.5 Å². The van der Waals surface area contributed by atoms with Crippen molar-refractivity contribution in [3.8, 4) is 11.5 Å². The predicted molar refractivity (Wildman–Crippen MR) is 78.5 cm³/mol. The molecule has 0 spiro atoms. The number of ether oxygens (including phenoxy) is 1. The second-order valence-corrected chi connectivity index (χ2v) is 4.84. The molecule has 0 fully saturated rings. The van der Waals surface area contributed by atoms with Gasteiger partial charge in [0.15, 0.2) is 0 Å². The van der Waals surface area contributed by atoms with E-state index >= 15 is 0 Å². The van der Waals surface area contributed by atoms with Crippen molar-refractivity contribution in [3.63, 3.8) is 0 Å². The average molecular weight is 266 g/mol. The van der Waals surface area contributed by atoms with Gasteiger partial charge in [-0.2, -0.15) is 0 Å². The van der Waals surface area contributed by atoms with Crippen LogP contribution in [0, 0.1) is 13.8 Å². The fourth-order valence-corrected chi connectivity index (χ4v) is 2.07. The fourth-order valence-electron chi connectivity index (χ4n) is 2.07. The number of fused-ring (bicyclic) bond motifs is 1. The Morgan fingerprint density at radius 3 is 2.35 bits per heavy atom. The van der Waals surface area contributed by atoms with Crippen molar-refractivity contribution in [2.45, 2.75) is 13.8 Å². The molecule has 0 atom stereocenters. The molecule has 3 nitrogen and oxygen atoms in total. The number of hydrogen-bond acceptors (Lipinski definition) is 3. The van der Waals surface area contributed by atoms with Crippen molar-refractivity contribution in [1.29, 1.82) is 0 Å². The van der Waals surface area contributed by atoms with E-state index in [9.17, 15) is 4.79 Å². The van der Waals surface area contributed by atoms with E-state index in [2.05, 4.69) is 0 Å². The van der Waals surface area contributed by atoms with E-state index in [-0.39, 0.29) is 0 Å². The maximum Gasteiger partial charge on any atom is 0.339 e. The Morgan fingerprint density at radius 1 is 0.900 bits per heavy atom. The largest absolute Gasteiger partial charge is 0.456 e. The number of benzene rings is 2. The van der Waals surface area contributed by atoms with Gasteiger partial charge in [0.1, 0.15) is 17.1 Å². The lowest BCUT2D eigenvalue weighted by atomic mass is 10.1. The summed E-state index contributed by atoms with van der Waals surface area (Å²) >= 11 is 0. The van der Waals surface area contributed by atoms with Gasteiger partial charge in [-0.1, -0.05) is 29.3 Å². The normalized spacial score (nSPS) is 10.7. The van der Waals surface area contributed by atoms with Crippen molar-refractivity contribution < 1.29 is 9.15 Å². The monoisotopic (exact) mass is 266 g/mol. The SMILES string of the molecule is Cc1ccc(Oc2cc(=O)oc3ccc(C)cc23)cc1. The highest BCUT2D eigenvalue weighted by molar-refractivity contribution is 5.84. The second kappa shape index (κ2) is 4.85. The van der Waals surface area contributed by atoms with Gasteiger partial charge in [-0.05, 0) is 38.1 Å². The number of hydrogen-bond donors (Lipinski definition) is 0. The Hall–Kier alpha value is -2.55. The van der Waals surface area contributed by atoms with Gasteiger partial charge in [0, 0.05) is 0 Å². The van der Waals surface area contributed by atoms with Crippen LogP contribution in [-0.4, -0.2) is 0 Å². The molecule has 3 aromatic rings. The topological polar surface area (TPSA) is 39.4 Å².